The zero-order valence-corrected chi connectivity index (χ0v) is 11.3. The molecule has 1 atom stereocenters. The highest BCUT2D eigenvalue weighted by Gasteiger charge is 2.12. The maximum Gasteiger partial charge on any atom is 0.207 e. The lowest BCUT2D eigenvalue weighted by molar-refractivity contribution is 0.644. The number of imidazole rings is 1. The zero-order valence-electron chi connectivity index (χ0n) is 11.3. The third kappa shape index (κ3) is 2.54. The van der Waals surface area contributed by atoms with Crippen molar-refractivity contribution >= 4 is 11.6 Å². The molecule has 0 amide bonds. The summed E-state index contributed by atoms with van der Waals surface area (Å²) >= 11 is 0. The zero-order chi connectivity index (χ0) is 13.8. The van der Waals surface area contributed by atoms with Gasteiger partial charge in [-0.25, -0.2) is 4.98 Å². The Hall–Kier alpha value is -2.62. The summed E-state index contributed by atoms with van der Waals surface area (Å²) in [4.78, 5) is 8.56. The van der Waals surface area contributed by atoms with Gasteiger partial charge in [0.2, 0.25) is 5.95 Å². The van der Waals surface area contributed by atoms with E-state index in [0.29, 0.717) is 0 Å². The molecule has 0 aliphatic rings. The van der Waals surface area contributed by atoms with E-state index >= 15 is 0 Å². The Morgan fingerprint density at radius 3 is 2.65 bits per heavy atom. The van der Waals surface area contributed by atoms with Gasteiger partial charge in [0.05, 0.1) is 6.04 Å². The summed E-state index contributed by atoms with van der Waals surface area (Å²) in [5.41, 5.74) is 2.18. The van der Waals surface area contributed by atoms with Crippen LogP contribution in [0.25, 0.3) is 0 Å². The molecule has 4 nitrogen and oxygen atoms in total. The van der Waals surface area contributed by atoms with Gasteiger partial charge in [-0.05, 0) is 30.7 Å². The van der Waals surface area contributed by atoms with Crippen LogP contribution in [-0.4, -0.2) is 14.5 Å². The summed E-state index contributed by atoms with van der Waals surface area (Å²) in [6, 6.07) is 14.2. The molecular formula is C16H16N4. The van der Waals surface area contributed by atoms with E-state index in [0.717, 1.165) is 17.2 Å². The molecule has 3 aromatic rings. The molecule has 20 heavy (non-hydrogen) atoms. The molecule has 0 aliphatic heterocycles. The van der Waals surface area contributed by atoms with Crippen LogP contribution >= 0.6 is 0 Å². The molecule has 2 heterocycles. The second-order valence-corrected chi connectivity index (χ2v) is 4.61. The number of nitrogens with one attached hydrogen (secondary N) is 1. The molecule has 0 bridgehead atoms. The second-order valence-electron chi connectivity index (χ2n) is 4.61. The maximum atomic E-state index is 4.39. The Morgan fingerprint density at radius 2 is 1.90 bits per heavy atom. The average Bonchev–Trinajstić information content (AvgIpc) is 2.96. The quantitative estimate of drug-likeness (QED) is 0.782. The molecule has 0 saturated carbocycles. The molecule has 100 valence electrons. The van der Waals surface area contributed by atoms with E-state index in [1.54, 1.807) is 12.4 Å². The fourth-order valence-electron chi connectivity index (χ4n) is 2.16. The summed E-state index contributed by atoms with van der Waals surface area (Å²) in [6.45, 7) is 2.13. The molecule has 1 N–H and O–H groups in total. The molecule has 0 saturated heterocycles. The van der Waals surface area contributed by atoms with Gasteiger partial charge in [0.15, 0.2) is 0 Å². The summed E-state index contributed by atoms with van der Waals surface area (Å²) in [7, 11) is 0. The number of benzene rings is 1. The summed E-state index contributed by atoms with van der Waals surface area (Å²) in [5, 5.41) is 3.33. The minimum atomic E-state index is 0.178. The summed E-state index contributed by atoms with van der Waals surface area (Å²) in [5.74, 6) is 0.826. The molecule has 0 aliphatic carbocycles. The largest absolute Gasteiger partial charge is 0.326 e. The normalized spacial score (nSPS) is 12.1. The standard InChI is InChI=1S/C16H16N4/c1-13(14-6-5-9-17-12-14)20-11-10-18-16(20)19-15-7-3-2-4-8-15/h2-13H,1H3,(H,18,19). The third-order valence-electron chi connectivity index (χ3n) is 3.28. The van der Waals surface area contributed by atoms with Crippen LogP contribution in [-0.2, 0) is 0 Å². The lowest BCUT2D eigenvalue weighted by Crippen LogP contribution is -2.09. The highest BCUT2D eigenvalue weighted by Crippen LogP contribution is 2.23. The number of para-hydroxylation sites is 1. The van der Waals surface area contributed by atoms with Crippen molar-refractivity contribution in [1.29, 1.82) is 0 Å². The molecule has 3 rings (SSSR count). The molecule has 0 fully saturated rings. The van der Waals surface area contributed by atoms with Crippen LogP contribution in [0.5, 0.6) is 0 Å². The van der Waals surface area contributed by atoms with Crippen molar-refractivity contribution in [3.63, 3.8) is 0 Å². The number of pyridine rings is 1. The Morgan fingerprint density at radius 1 is 1.05 bits per heavy atom. The molecule has 4 heteroatoms. The number of anilines is 2. The van der Waals surface area contributed by atoms with Gasteiger partial charge in [0.25, 0.3) is 0 Å². The highest BCUT2D eigenvalue weighted by molar-refractivity contribution is 5.53. The first-order chi connectivity index (χ1) is 9.84. The van der Waals surface area contributed by atoms with E-state index in [9.17, 15) is 0 Å². The SMILES string of the molecule is CC(c1cccnc1)n1ccnc1Nc1ccccc1. The first-order valence-electron chi connectivity index (χ1n) is 6.59. The van der Waals surface area contributed by atoms with E-state index in [4.69, 9.17) is 0 Å². The molecule has 0 radical (unpaired) electrons. The average molecular weight is 264 g/mol. The Kier molecular flexibility index (Phi) is 3.46. The topological polar surface area (TPSA) is 42.7 Å². The molecule has 1 unspecified atom stereocenters. The molecule has 1 aromatic carbocycles. The van der Waals surface area contributed by atoms with Crippen molar-refractivity contribution < 1.29 is 0 Å². The summed E-state index contributed by atoms with van der Waals surface area (Å²) in [6.07, 6.45) is 7.45. The van der Waals surface area contributed by atoms with Crippen molar-refractivity contribution in [3.05, 3.63) is 72.8 Å². The van der Waals surface area contributed by atoms with Crippen molar-refractivity contribution in [2.24, 2.45) is 0 Å². The predicted octanol–water partition coefficient (Wildman–Crippen LogP) is 3.63. The maximum absolute atomic E-state index is 4.39. The fraction of sp³-hybridized carbons (Fsp3) is 0.125. The van der Waals surface area contributed by atoms with Crippen LogP contribution in [0, 0.1) is 0 Å². The van der Waals surface area contributed by atoms with Crippen LogP contribution < -0.4 is 5.32 Å². The van der Waals surface area contributed by atoms with Crippen molar-refractivity contribution in [3.8, 4) is 0 Å². The first kappa shape index (κ1) is 12.4. The highest BCUT2D eigenvalue weighted by atomic mass is 15.2. The first-order valence-corrected chi connectivity index (χ1v) is 6.59. The number of hydrogen-bond acceptors (Lipinski definition) is 3. The van der Waals surface area contributed by atoms with Gasteiger partial charge < -0.3 is 9.88 Å². The van der Waals surface area contributed by atoms with E-state index in [-0.39, 0.29) is 6.04 Å². The monoisotopic (exact) mass is 264 g/mol. The number of rotatable bonds is 4. The van der Waals surface area contributed by atoms with Crippen molar-refractivity contribution in [2.75, 3.05) is 5.32 Å². The molecule has 0 spiro atoms. The van der Waals surface area contributed by atoms with Gasteiger partial charge in [0, 0.05) is 30.5 Å². The van der Waals surface area contributed by atoms with Gasteiger partial charge in [-0.15, -0.1) is 0 Å². The Labute approximate surface area is 118 Å². The van der Waals surface area contributed by atoms with E-state index in [1.165, 1.54) is 0 Å². The lowest BCUT2D eigenvalue weighted by Gasteiger charge is -2.17. The summed E-state index contributed by atoms with van der Waals surface area (Å²) < 4.78 is 2.10. The second kappa shape index (κ2) is 5.57. The van der Waals surface area contributed by atoms with E-state index in [1.807, 2.05) is 48.8 Å². The smallest absolute Gasteiger partial charge is 0.207 e. The number of aromatic nitrogens is 3. The molecular weight excluding hydrogens is 248 g/mol. The number of hydrogen-bond donors (Lipinski definition) is 1. The lowest BCUT2D eigenvalue weighted by atomic mass is 10.1. The van der Waals surface area contributed by atoms with Crippen molar-refractivity contribution in [2.45, 2.75) is 13.0 Å². The number of nitrogens with zero attached hydrogens (tertiary/aromatic N) is 3. The van der Waals surface area contributed by atoms with E-state index < -0.39 is 0 Å². The Balaban J connectivity index is 1.87. The van der Waals surface area contributed by atoms with E-state index in [2.05, 4.69) is 32.8 Å². The Bertz CT molecular complexity index is 661. The van der Waals surface area contributed by atoms with Crippen LogP contribution in [0.4, 0.5) is 11.6 Å². The minimum Gasteiger partial charge on any atom is -0.326 e. The predicted molar refractivity (Wildman–Crippen MR) is 80.0 cm³/mol. The van der Waals surface area contributed by atoms with Crippen LogP contribution in [0.2, 0.25) is 0 Å². The van der Waals surface area contributed by atoms with Gasteiger partial charge in [-0.1, -0.05) is 24.3 Å². The minimum absolute atomic E-state index is 0.178. The third-order valence-corrected chi connectivity index (χ3v) is 3.28. The van der Waals surface area contributed by atoms with Crippen LogP contribution in [0.1, 0.15) is 18.5 Å². The van der Waals surface area contributed by atoms with Gasteiger partial charge in [-0.3, -0.25) is 4.98 Å². The molecule has 2 aromatic heterocycles. The fourth-order valence-corrected chi connectivity index (χ4v) is 2.16. The van der Waals surface area contributed by atoms with Crippen LogP contribution in [0.3, 0.4) is 0 Å². The van der Waals surface area contributed by atoms with Gasteiger partial charge in [0.1, 0.15) is 0 Å². The van der Waals surface area contributed by atoms with Gasteiger partial charge in [-0.2, -0.15) is 0 Å². The van der Waals surface area contributed by atoms with Gasteiger partial charge >= 0.3 is 0 Å². The van der Waals surface area contributed by atoms with Crippen molar-refractivity contribution in [1.82, 2.24) is 14.5 Å². The van der Waals surface area contributed by atoms with Crippen LogP contribution in [0.15, 0.2) is 67.3 Å².